The van der Waals surface area contributed by atoms with Gasteiger partial charge in [0.25, 0.3) is 5.91 Å². The van der Waals surface area contributed by atoms with Gasteiger partial charge in [0, 0.05) is 24.7 Å². The molecule has 0 saturated carbocycles. The summed E-state index contributed by atoms with van der Waals surface area (Å²) in [5.74, 6) is -1.94. The third kappa shape index (κ3) is 3.25. The molecular formula is C14H19F2N3O. The molecule has 110 valence electrons. The Kier molecular flexibility index (Phi) is 4.54. The van der Waals surface area contributed by atoms with Gasteiger partial charge in [0.05, 0.1) is 0 Å². The van der Waals surface area contributed by atoms with Crippen molar-refractivity contribution < 1.29 is 13.6 Å². The maximum Gasteiger partial charge on any atom is 0.251 e. The maximum atomic E-state index is 13.7. The van der Waals surface area contributed by atoms with Crippen LogP contribution in [0.25, 0.3) is 0 Å². The van der Waals surface area contributed by atoms with Gasteiger partial charge in [-0.2, -0.15) is 0 Å². The highest BCUT2D eigenvalue weighted by molar-refractivity contribution is 5.94. The number of nitrogens with one attached hydrogen (secondary N) is 2. The number of hydrogen-bond acceptors (Lipinski definition) is 3. The standard InChI is InChI=1S/C14H19F2N3O/c1-3-17-13-11(15)6-9(7-12(13)16)14(20)18-10-4-5-19(2)8-10/h6-7,10,17H,3-5,8H2,1-2H3,(H,18,20). The minimum atomic E-state index is -0.750. The summed E-state index contributed by atoms with van der Waals surface area (Å²) in [4.78, 5) is 14.1. The van der Waals surface area contributed by atoms with E-state index >= 15 is 0 Å². The van der Waals surface area contributed by atoms with Crippen molar-refractivity contribution in [1.82, 2.24) is 10.2 Å². The van der Waals surface area contributed by atoms with Crippen LogP contribution in [0.15, 0.2) is 12.1 Å². The van der Waals surface area contributed by atoms with E-state index < -0.39 is 17.5 Å². The van der Waals surface area contributed by atoms with Crippen molar-refractivity contribution in [3.8, 4) is 0 Å². The Morgan fingerprint density at radius 2 is 2.05 bits per heavy atom. The lowest BCUT2D eigenvalue weighted by Gasteiger charge is -2.14. The molecule has 1 unspecified atom stereocenters. The van der Waals surface area contributed by atoms with Gasteiger partial charge >= 0.3 is 0 Å². The number of halogens is 2. The molecule has 0 aliphatic carbocycles. The molecule has 1 fully saturated rings. The molecule has 2 rings (SSSR count). The lowest BCUT2D eigenvalue weighted by atomic mass is 10.1. The molecule has 0 spiro atoms. The number of likely N-dealkylation sites (N-methyl/N-ethyl adjacent to an activating group) is 1. The second-order valence-corrected chi connectivity index (χ2v) is 5.07. The summed E-state index contributed by atoms with van der Waals surface area (Å²) in [5, 5.41) is 5.40. The van der Waals surface area contributed by atoms with E-state index in [0.29, 0.717) is 6.54 Å². The fraction of sp³-hybridized carbons (Fsp3) is 0.500. The minimum absolute atomic E-state index is 0.0104. The third-order valence-electron chi connectivity index (χ3n) is 3.38. The van der Waals surface area contributed by atoms with E-state index in [-0.39, 0.29) is 17.3 Å². The van der Waals surface area contributed by atoms with Crippen molar-refractivity contribution in [2.45, 2.75) is 19.4 Å². The first-order valence-corrected chi connectivity index (χ1v) is 6.73. The van der Waals surface area contributed by atoms with Crippen LogP contribution in [-0.4, -0.2) is 43.5 Å². The molecule has 1 amide bonds. The Balaban J connectivity index is 2.10. The molecule has 1 aliphatic rings. The first kappa shape index (κ1) is 14.7. The van der Waals surface area contributed by atoms with Crippen LogP contribution in [0.1, 0.15) is 23.7 Å². The second-order valence-electron chi connectivity index (χ2n) is 5.07. The molecule has 1 atom stereocenters. The largest absolute Gasteiger partial charge is 0.381 e. The fourth-order valence-electron chi connectivity index (χ4n) is 2.37. The van der Waals surface area contributed by atoms with Crippen LogP contribution in [0.5, 0.6) is 0 Å². The summed E-state index contributed by atoms with van der Waals surface area (Å²) in [6.07, 6.45) is 0.850. The molecule has 6 heteroatoms. The number of rotatable bonds is 4. The van der Waals surface area contributed by atoms with Gasteiger partial charge < -0.3 is 15.5 Å². The highest BCUT2D eigenvalue weighted by Crippen LogP contribution is 2.21. The molecule has 20 heavy (non-hydrogen) atoms. The van der Waals surface area contributed by atoms with E-state index in [9.17, 15) is 13.6 Å². The molecule has 0 radical (unpaired) electrons. The summed E-state index contributed by atoms with van der Waals surface area (Å²) in [6.45, 7) is 3.82. The normalized spacial score (nSPS) is 19.1. The van der Waals surface area contributed by atoms with Crippen molar-refractivity contribution in [3.63, 3.8) is 0 Å². The number of likely N-dealkylation sites (tertiary alicyclic amines) is 1. The lowest BCUT2D eigenvalue weighted by Crippen LogP contribution is -2.36. The summed E-state index contributed by atoms with van der Waals surface area (Å²) >= 11 is 0. The smallest absolute Gasteiger partial charge is 0.251 e. The minimum Gasteiger partial charge on any atom is -0.381 e. The molecular weight excluding hydrogens is 264 g/mol. The van der Waals surface area contributed by atoms with Crippen molar-refractivity contribution in [2.75, 3.05) is 32.0 Å². The maximum absolute atomic E-state index is 13.7. The zero-order chi connectivity index (χ0) is 14.7. The Hall–Kier alpha value is -1.69. The van der Waals surface area contributed by atoms with Crippen molar-refractivity contribution in [3.05, 3.63) is 29.3 Å². The Bertz CT molecular complexity index is 484. The Labute approximate surface area is 117 Å². The summed E-state index contributed by atoms with van der Waals surface area (Å²) in [6, 6.07) is 2.16. The number of nitrogens with zero attached hydrogens (tertiary/aromatic N) is 1. The van der Waals surface area contributed by atoms with Gasteiger partial charge in [-0.05, 0) is 39.1 Å². The number of anilines is 1. The van der Waals surface area contributed by atoms with Crippen LogP contribution in [0.3, 0.4) is 0 Å². The van der Waals surface area contributed by atoms with E-state index in [4.69, 9.17) is 0 Å². The van der Waals surface area contributed by atoms with Crippen LogP contribution in [0, 0.1) is 11.6 Å². The summed E-state index contributed by atoms with van der Waals surface area (Å²) in [5.41, 5.74) is -0.180. The average Bonchev–Trinajstić information content (AvgIpc) is 2.79. The van der Waals surface area contributed by atoms with Crippen molar-refractivity contribution in [2.24, 2.45) is 0 Å². The molecule has 4 nitrogen and oxygen atoms in total. The van der Waals surface area contributed by atoms with Crippen LogP contribution in [-0.2, 0) is 0 Å². The quantitative estimate of drug-likeness (QED) is 0.886. The molecule has 0 aromatic heterocycles. The van der Waals surface area contributed by atoms with Crippen LogP contribution in [0.2, 0.25) is 0 Å². The zero-order valence-electron chi connectivity index (χ0n) is 11.7. The SMILES string of the molecule is CCNc1c(F)cc(C(=O)NC2CCN(C)C2)cc1F. The highest BCUT2D eigenvalue weighted by Gasteiger charge is 2.22. The van der Waals surface area contributed by atoms with E-state index in [1.807, 2.05) is 7.05 Å². The number of carbonyl (C=O) groups excluding carboxylic acids is 1. The topological polar surface area (TPSA) is 44.4 Å². The number of hydrogen-bond donors (Lipinski definition) is 2. The predicted molar refractivity (Wildman–Crippen MR) is 73.9 cm³/mol. The summed E-state index contributed by atoms with van der Waals surface area (Å²) < 4.78 is 27.5. The molecule has 1 aromatic rings. The number of amides is 1. The predicted octanol–water partition coefficient (Wildman–Crippen LogP) is 1.83. The van der Waals surface area contributed by atoms with Gasteiger partial charge in [0.15, 0.2) is 0 Å². The fourth-order valence-corrected chi connectivity index (χ4v) is 2.37. The van der Waals surface area contributed by atoms with Crippen LogP contribution >= 0.6 is 0 Å². The van der Waals surface area contributed by atoms with E-state index in [0.717, 1.165) is 31.6 Å². The summed E-state index contributed by atoms with van der Waals surface area (Å²) in [7, 11) is 1.97. The average molecular weight is 283 g/mol. The Morgan fingerprint density at radius 1 is 1.40 bits per heavy atom. The van der Waals surface area contributed by atoms with Gasteiger partial charge in [0.2, 0.25) is 0 Å². The van der Waals surface area contributed by atoms with E-state index in [1.54, 1.807) is 6.92 Å². The number of carbonyl (C=O) groups is 1. The van der Waals surface area contributed by atoms with Crippen LogP contribution in [0.4, 0.5) is 14.5 Å². The van der Waals surface area contributed by atoms with Gasteiger partial charge in [-0.1, -0.05) is 0 Å². The van der Waals surface area contributed by atoms with E-state index in [2.05, 4.69) is 15.5 Å². The second kappa shape index (κ2) is 6.17. The van der Waals surface area contributed by atoms with Gasteiger partial charge in [-0.15, -0.1) is 0 Å². The molecule has 2 N–H and O–H groups in total. The lowest BCUT2D eigenvalue weighted by molar-refractivity contribution is 0.0937. The van der Waals surface area contributed by atoms with Crippen LogP contribution < -0.4 is 10.6 Å². The van der Waals surface area contributed by atoms with Gasteiger partial charge in [0.1, 0.15) is 17.3 Å². The van der Waals surface area contributed by atoms with Crippen molar-refractivity contribution >= 4 is 11.6 Å². The van der Waals surface area contributed by atoms with Crippen molar-refractivity contribution in [1.29, 1.82) is 0 Å². The first-order valence-electron chi connectivity index (χ1n) is 6.73. The van der Waals surface area contributed by atoms with Gasteiger partial charge in [-0.3, -0.25) is 4.79 Å². The molecule has 1 saturated heterocycles. The molecule has 1 heterocycles. The first-order chi connectivity index (χ1) is 9.51. The van der Waals surface area contributed by atoms with Gasteiger partial charge in [-0.25, -0.2) is 8.78 Å². The zero-order valence-corrected chi connectivity index (χ0v) is 11.7. The molecule has 0 bridgehead atoms. The highest BCUT2D eigenvalue weighted by atomic mass is 19.1. The monoisotopic (exact) mass is 283 g/mol. The molecule has 1 aromatic carbocycles. The molecule has 1 aliphatic heterocycles. The third-order valence-corrected chi connectivity index (χ3v) is 3.38. The number of benzene rings is 1. The van der Waals surface area contributed by atoms with E-state index in [1.165, 1.54) is 0 Å². The Morgan fingerprint density at radius 3 is 2.55 bits per heavy atom.